The summed E-state index contributed by atoms with van der Waals surface area (Å²) < 4.78 is 10.7. The summed E-state index contributed by atoms with van der Waals surface area (Å²) in [5.74, 6) is 2.17. The van der Waals surface area contributed by atoms with E-state index in [1.54, 1.807) is 0 Å². The lowest BCUT2D eigenvalue weighted by atomic mass is 10.2. The summed E-state index contributed by atoms with van der Waals surface area (Å²) in [5.41, 5.74) is 5.68. The van der Waals surface area contributed by atoms with Crippen molar-refractivity contribution < 1.29 is 9.26 Å². The SMILES string of the molecule is CC(N)CCc1nc(CCOc2ccccc2)no1. The third kappa shape index (κ3) is 4.71. The number of nitrogens with zero attached hydrogens (tertiary/aromatic N) is 2. The predicted molar refractivity (Wildman–Crippen MR) is 71.9 cm³/mol. The molecular weight excluding hydrogens is 242 g/mol. The van der Waals surface area contributed by atoms with E-state index < -0.39 is 0 Å². The standard InChI is InChI=1S/C14H19N3O2/c1-11(15)7-8-14-16-13(17-19-14)9-10-18-12-5-3-2-4-6-12/h2-6,11H,7-10,15H2,1H3. The van der Waals surface area contributed by atoms with Crippen LogP contribution in [0.25, 0.3) is 0 Å². The van der Waals surface area contributed by atoms with Gasteiger partial charge in [-0.2, -0.15) is 4.98 Å². The van der Waals surface area contributed by atoms with Crippen LogP contribution in [0, 0.1) is 0 Å². The Morgan fingerprint density at radius 1 is 1.26 bits per heavy atom. The Labute approximate surface area is 112 Å². The van der Waals surface area contributed by atoms with Crippen LogP contribution >= 0.6 is 0 Å². The lowest BCUT2D eigenvalue weighted by Gasteiger charge is -2.02. The Morgan fingerprint density at radius 2 is 2.05 bits per heavy atom. The third-order valence-electron chi connectivity index (χ3n) is 2.66. The van der Waals surface area contributed by atoms with E-state index in [0.717, 1.165) is 18.6 Å². The number of benzene rings is 1. The van der Waals surface area contributed by atoms with Crippen molar-refractivity contribution in [3.05, 3.63) is 42.0 Å². The van der Waals surface area contributed by atoms with Crippen LogP contribution in [0.3, 0.4) is 0 Å². The van der Waals surface area contributed by atoms with Gasteiger partial charge in [0.2, 0.25) is 5.89 Å². The fourth-order valence-electron chi connectivity index (χ4n) is 1.62. The van der Waals surface area contributed by atoms with Crippen molar-refractivity contribution in [3.8, 4) is 5.75 Å². The van der Waals surface area contributed by atoms with E-state index in [9.17, 15) is 0 Å². The Morgan fingerprint density at radius 3 is 2.79 bits per heavy atom. The van der Waals surface area contributed by atoms with Gasteiger partial charge in [-0.25, -0.2) is 0 Å². The van der Waals surface area contributed by atoms with Crippen molar-refractivity contribution in [2.75, 3.05) is 6.61 Å². The molecule has 0 aliphatic heterocycles. The first-order valence-electron chi connectivity index (χ1n) is 6.49. The second kappa shape index (κ2) is 6.89. The van der Waals surface area contributed by atoms with Crippen LogP contribution in [-0.2, 0) is 12.8 Å². The molecule has 102 valence electrons. The largest absolute Gasteiger partial charge is 0.493 e. The van der Waals surface area contributed by atoms with Crippen LogP contribution in [0.5, 0.6) is 5.75 Å². The number of nitrogens with two attached hydrogens (primary N) is 1. The zero-order valence-electron chi connectivity index (χ0n) is 11.1. The highest BCUT2D eigenvalue weighted by Crippen LogP contribution is 2.09. The molecule has 1 unspecified atom stereocenters. The van der Waals surface area contributed by atoms with E-state index in [4.69, 9.17) is 15.0 Å². The zero-order chi connectivity index (χ0) is 13.5. The summed E-state index contributed by atoms with van der Waals surface area (Å²) in [5, 5.41) is 3.92. The number of hydrogen-bond acceptors (Lipinski definition) is 5. The number of hydrogen-bond donors (Lipinski definition) is 1. The van der Waals surface area contributed by atoms with Crippen molar-refractivity contribution in [2.24, 2.45) is 5.73 Å². The van der Waals surface area contributed by atoms with Gasteiger partial charge in [0.05, 0.1) is 6.61 Å². The number of ether oxygens (including phenoxy) is 1. The molecule has 0 fully saturated rings. The monoisotopic (exact) mass is 261 g/mol. The van der Waals surface area contributed by atoms with Gasteiger partial charge >= 0.3 is 0 Å². The molecule has 1 atom stereocenters. The number of para-hydroxylation sites is 1. The second-order valence-electron chi connectivity index (χ2n) is 4.53. The van der Waals surface area contributed by atoms with Crippen LogP contribution in [-0.4, -0.2) is 22.8 Å². The maximum absolute atomic E-state index is 5.68. The molecule has 5 nitrogen and oxygen atoms in total. The van der Waals surface area contributed by atoms with E-state index >= 15 is 0 Å². The molecule has 1 aromatic carbocycles. The van der Waals surface area contributed by atoms with E-state index in [2.05, 4.69) is 10.1 Å². The molecule has 0 bridgehead atoms. The third-order valence-corrected chi connectivity index (χ3v) is 2.66. The van der Waals surface area contributed by atoms with Crippen molar-refractivity contribution in [3.63, 3.8) is 0 Å². The van der Waals surface area contributed by atoms with Gasteiger partial charge in [-0.05, 0) is 25.5 Å². The predicted octanol–water partition coefficient (Wildman–Crippen LogP) is 1.97. The minimum absolute atomic E-state index is 0.150. The quantitative estimate of drug-likeness (QED) is 0.824. The molecule has 0 aliphatic rings. The number of aromatic nitrogens is 2. The first-order chi connectivity index (χ1) is 9.24. The molecule has 1 aromatic heterocycles. The van der Waals surface area contributed by atoms with Gasteiger partial charge < -0.3 is 15.0 Å². The van der Waals surface area contributed by atoms with Crippen LogP contribution in [0.2, 0.25) is 0 Å². The maximum Gasteiger partial charge on any atom is 0.226 e. The molecule has 0 amide bonds. The highest BCUT2D eigenvalue weighted by Gasteiger charge is 2.07. The fraction of sp³-hybridized carbons (Fsp3) is 0.429. The van der Waals surface area contributed by atoms with Crippen molar-refractivity contribution >= 4 is 0 Å². The summed E-state index contributed by atoms with van der Waals surface area (Å²) in [4.78, 5) is 4.30. The van der Waals surface area contributed by atoms with Gasteiger partial charge in [-0.15, -0.1) is 0 Å². The number of aryl methyl sites for hydroxylation is 1. The molecule has 0 saturated carbocycles. The van der Waals surface area contributed by atoms with Gasteiger partial charge in [0, 0.05) is 18.9 Å². The van der Waals surface area contributed by atoms with E-state index in [1.807, 2.05) is 37.3 Å². The smallest absolute Gasteiger partial charge is 0.226 e. The average molecular weight is 261 g/mol. The lowest BCUT2D eigenvalue weighted by molar-refractivity contribution is 0.313. The van der Waals surface area contributed by atoms with Crippen LogP contribution in [0.15, 0.2) is 34.9 Å². The highest BCUT2D eigenvalue weighted by atomic mass is 16.5. The normalized spacial score (nSPS) is 12.3. The van der Waals surface area contributed by atoms with Gasteiger partial charge in [0.1, 0.15) is 5.75 Å². The molecule has 2 aromatic rings. The topological polar surface area (TPSA) is 74.2 Å². The van der Waals surface area contributed by atoms with Crippen LogP contribution < -0.4 is 10.5 Å². The van der Waals surface area contributed by atoms with E-state index in [-0.39, 0.29) is 6.04 Å². The average Bonchev–Trinajstić information content (AvgIpc) is 2.86. The first-order valence-corrected chi connectivity index (χ1v) is 6.49. The Bertz CT molecular complexity index is 482. The molecule has 1 heterocycles. The lowest BCUT2D eigenvalue weighted by Crippen LogP contribution is -2.15. The molecule has 19 heavy (non-hydrogen) atoms. The zero-order valence-corrected chi connectivity index (χ0v) is 11.1. The van der Waals surface area contributed by atoms with Crippen molar-refractivity contribution in [1.29, 1.82) is 0 Å². The summed E-state index contributed by atoms with van der Waals surface area (Å²) in [6, 6.07) is 9.83. The summed E-state index contributed by atoms with van der Waals surface area (Å²) in [6.45, 7) is 2.50. The minimum atomic E-state index is 0.150. The highest BCUT2D eigenvalue weighted by molar-refractivity contribution is 5.20. The molecule has 0 spiro atoms. The molecular formula is C14H19N3O2. The van der Waals surface area contributed by atoms with Gasteiger partial charge in [0.25, 0.3) is 0 Å². The summed E-state index contributed by atoms with van der Waals surface area (Å²) in [7, 11) is 0. The van der Waals surface area contributed by atoms with Crippen molar-refractivity contribution in [1.82, 2.24) is 10.1 Å². The van der Waals surface area contributed by atoms with Crippen LogP contribution in [0.4, 0.5) is 0 Å². The van der Waals surface area contributed by atoms with E-state index in [1.165, 1.54) is 0 Å². The van der Waals surface area contributed by atoms with E-state index in [0.29, 0.717) is 24.7 Å². The van der Waals surface area contributed by atoms with Gasteiger partial charge in [-0.1, -0.05) is 23.4 Å². The summed E-state index contributed by atoms with van der Waals surface area (Å²) >= 11 is 0. The van der Waals surface area contributed by atoms with Gasteiger partial charge in [0.15, 0.2) is 5.82 Å². The minimum Gasteiger partial charge on any atom is -0.493 e. The Balaban J connectivity index is 1.74. The molecule has 0 radical (unpaired) electrons. The van der Waals surface area contributed by atoms with Crippen LogP contribution in [0.1, 0.15) is 25.1 Å². The molecule has 5 heteroatoms. The van der Waals surface area contributed by atoms with Gasteiger partial charge in [-0.3, -0.25) is 0 Å². The molecule has 2 N–H and O–H groups in total. The molecule has 0 saturated heterocycles. The Hall–Kier alpha value is -1.88. The molecule has 0 aliphatic carbocycles. The second-order valence-corrected chi connectivity index (χ2v) is 4.53. The maximum atomic E-state index is 5.68. The number of rotatable bonds is 7. The van der Waals surface area contributed by atoms with Crippen molar-refractivity contribution in [2.45, 2.75) is 32.2 Å². The molecule has 2 rings (SSSR count). The fourth-order valence-corrected chi connectivity index (χ4v) is 1.62. The summed E-state index contributed by atoms with van der Waals surface area (Å²) in [6.07, 6.45) is 2.21. The Kier molecular flexibility index (Phi) is 4.92. The first kappa shape index (κ1) is 13.5.